The molecule has 0 aliphatic carbocycles. The minimum Gasteiger partial charge on any atom is -0.352 e. The standard InChI is InChI=1S/C10H15N5O2/c11-10(17)14-6-5-13-9(16)7-3-1-2-4-8(7)15-12/h1-4,15H,5-6,12H2,(H,13,16)(H3,11,14,17). The summed E-state index contributed by atoms with van der Waals surface area (Å²) in [7, 11) is 0. The number of nitrogens with one attached hydrogen (secondary N) is 3. The van der Waals surface area contributed by atoms with Gasteiger partial charge >= 0.3 is 6.03 Å². The van der Waals surface area contributed by atoms with E-state index in [-0.39, 0.29) is 12.5 Å². The molecule has 0 aliphatic rings. The number of benzene rings is 1. The first-order valence-corrected chi connectivity index (χ1v) is 5.02. The van der Waals surface area contributed by atoms with E-state index < -0.39 is 6.03 Å². The number of rotatable bonds is 5. The molecule has 0 fully saturated rings. The summed E-state index contributed by atoms with van der Waals surface area (Å²) in [5.74, 6) is 5.01. The van der Waals surface area contributed by atoms with Gasteiger partial charge in [-0.05, 0) is 12.1 Å². The number of nitrogen functional groups attached to an aromatic ring is 1. The first-order chi connectivity index (χ1) is 8.15. The third-order valence-electron chi connectivity index (χ3n) is 2.04. The lowest BCUT2D eigenvalue weighted by Gasteiger charge is -2.09. The van der Waals surface area contributed by atoms with Crippen molar-refractivity contribution in [3.63, 3.8) is 0 Å². The van der Waals surface area contributed by atoms with Gasteiger partial charge in [-0.15, -0.1) is 0 Å². The minimum atomic E-state index is -0.622. The van der Waals surface area contributed by atoms with Crippen molar-refractivity contribution in [1.82, 2.24) is 10.6 Å². The third kappa shape index (κ3) is 3.99. The fourth-order valence-electron chi connectivity index (χ4n) is 1.26. The average molecular weight is 237 g/mol. The van der Waals surface area contributed by atoms with Gasteiger partial charge in [-0.2, -0.15) is 0 Å². The number of primary amides is 1. The zero-order valence-corrected chi connectivity index (χ0v) is 9.19. The first kappa shape index (κ1) is 12.8. The normalized spacial score (nSPS) is 9.47. The van der Waals surface area contributed by atoms with E-state index in [1.165, 1.54) is 0 Å². The van der Waals surface area contributed by atoms with Gasteiger partial charge in [0.15, 0.2) is 0 Å². The maximum Gasteiger partial charge on any atom is 0.312 e. The van der Waals surface area contributed by atoms with Crippen LogP contribution in [-0.2, 0) is 0 Å². The molecule has 0 aromatic heterocycles. The molecule has 7 N–H and O–H groups in total. The van der Waals surface area contributed by atoms with Gasteiger partial charge in [-0.25, -0.2) is 4.79 Å². The number of amides is 3. The Morgan fingerprint density at radius 1 is 1.12 bits per heavy atom. The molecule has 0 aliphatic heterocycles. The van der Waals surface area contributed by atoms with Crippen molar-refractivity contribution in [2.24, 2.45) is 11.6 Å². The van der Waals surface area contributed by atoms with Crippen molar-refractivity contribution in [2.75, 3.05) is 18.5 Å². The summed E-state index contributed by atoms with van der Waals surface area (Å²) in [6.07, 6.45) is 0. The summed E-state index contributed by atoms with van der Waals surface area (Å²) >= 11 is 0. The van der Waals surface area contributed by atoms with Crippen molar-refractivity contribution in [2.45, 2.75) is 0 Å². The smallest absolute Gasteiger partial charge is 0.312 e. The topological polar surface area (TPSA) is 122 Å². The first-order valence-electron chi connectivity index (χ1n) is 5.02. The molecule has 1 rings (SSSR count). The van der Waals surface area contributed by atoms with Crippen LogP contribution in [0.4, 0.5) is 10.5 Å². The SMILES string of the molecule is NNc1ccccc1C(=O)NCCNC(N)=O. The number of para-hydroxylation sites is 1. The highest BCUT2D eigenvalue weighted by Gasteiger charge is 2.08. The van der Waals surface area contributed by atoms with E-state index in [4.69, 9.17) is 11.6 Å². The summed E-state index contributed by atoms with van der Waals surface area (Å²) in [4.78, 5) is 22.1. The Bertz CT molecular complexity index is 407. The lowest BCUT2D eigenvalue weighted by molar-refractivity contribution is 0.0954. The fourth-order valence-corrected chi connectivity index (χ4v) is 1.26. The Kier molecular flexibility index (Phi) is 4.77. The molecule has 0 heterocycles. The molecule has 17 heavy (non-hydrogen) atoms. The van der Waals surface area contributed by atoms with Crippen molar-refractivity contribution in [1.29, 1.82) is 0 Å². The van der Waals surface area contributed by atoms with Crippen LogP contribution in [-0.4, -0.2) is 25.0 Å². The van der Waals surface area contributed by atoms with Gasteiger partial charge in [0.25, 0.3) is 5.91 Å². The van der Waals surface area contributed by atoms with Gasteiger partial charge < -0.3 is 21.8 Å². The Balaban J connectivity index is 2.49. The number of carbonyl (C=O) groups is 2. The van der Waals surface area contributed by atoms with Crippen molar-refractivity contribution >= 4 is 17.6 Å². The molecule has 7 nitrogen and oxygen atoms in total. The fraction of sp³-hybridized carbons (Fsp3) is 0.200. The number of hydrogen-bond acceptors (Lipinski definition) is 4. The molecular formula is C10H15N5O2. The predicted molar refractivity (Wildman–Crippen MR) is 64.2 cm³/mol. The second kappa shape index (κ2) is 6.33. The summed E-state index contributed by atoms with van der Waals surface area (Å²) in [5, 5.41) is 4.99. The average Bonchev–Trinajstić information content (AvgIpc) is 2.34. The molecule has 1 aromatic carbocycles. The van der Waals surface area contributed by atoms with Crippen LogP contribution in [0.3, 0.4) is 0 Å². The van der Waals surface area contributed by atoms with Crippen LogP contribution in [0.5, 0.6) is 0 Å². The molecule has 0 atom stereocenters. The second-order valence-electron chi connectivity index (χ2n) is 3.24. The molecule has 0 saturated heterocycles. The minimum absolute atomic E-state index is 0.273. The molecule has 0 unspecified atom stereocenters. The van der Waals surface area contributed by atoms with Gasteiger partial charge in [0.1, 0.15) is 0 Å². The highest BCUT2D eigenvalue weighted by Crippen LogP contribution is 2.12. The largest absolute Gasteiger partial charge is 0.352 e. The molecule has 92 valence electrons. The maximum atomic E-state index is 11.7. The molecule has 0 spiro atoms. The van der Waals surface area contributed by atoms with E-state index in [0.29, 0.717) is 17.8 Å². The van der Waals surface area contributed by atoms with E-state index in [1.807, 2.05) is 0 Å². The van der Waals surface area contributed by atoms with Crippen molar-refractivity contribution in [3.05, 3.63) is 29.8 Å². The van der Waals surface area contributed by atoms with Crippen LogP contribution in [0.25, 0.3) is 0 Å². The van der Waals surface area contributed by atoms with Crippen LogP contribution in [0.2, 0.25) is 0 Å². The van der Waals surface area contributed by atoms with Gasteiger partial charge in [0.05, 0.1) is 11.3 Å². The van der Waals surface area contributed by atoms with Crippen molar-refractivity contribution < 1.29 is 9.59 Å². The highest BCUT2D eigenvalue weighted by molar-refractivity contribution is 5.99. The molecule has 3 amide bonds. The van der Waals surface area contributed by atoms with E-state index in [2.05, 4.69) is 16.1 Å². The Labute approximate surface area is 98.5 Å². The maximum absolute atomic E-state index is 11.7. The molecule has 0 radical (unpaired) electrons. The van der Waals surface area contributed by atoms with E-state index >= 15 is 0 Å². The van der Waals surface area contributed by atoms with Crippen molar-refractivity contribution in [3.8, 4) is 0 Å². The number of hydrazine groups is 1. The molecule has 1 aromatic rings. The Hall–Kier alpha value is -2.28. The number of urea groups is 1. The van der Waals surface area contributed by atoms with Crippen LogP contribution < -0.4 is 27.6 Å². The number of carbonyl (C=O) groups excluding carboxylic acids is 2. The molecule has 0 saturated carbocycles. The molecular weight excluding hydrogens is 222 g/mol. The predicted octanol–water partition coefficient (Wildman–Crippen LogP) is -0.630. The quantitative estimate of drug-likeness (QED) is 0.266. The molecule has 0 bridgehead atoms. The lowest BCUT2D eigenvalue weighted by atomic mass is 10.1. The van der Waals surface area contributed by atoms with Crippen LogP contribution in [0.1, 0.15) is 10.4 Å². The number of hydrogen-bond donors (Lipinski definition) is 5. The Morgan fingerprint density at radius 2 is 1.76 bits per heavy atom. The van der Waals surface area contributed by atoms with Gasteiger partial charge in [-0.1, -0.05) is 12.1 Å². The van der Waals surface area contributed by atoms with E-state index in [1.54, 1.807) is 24.3 Å². The lowest BCUT2D eigenvalue weighted by Crippen LogP contribution is -2.37. The van der Waals surface area contributed by atoms with Gasteiger partial charge in [0.2, 0.25) is 0 Å². The molecule has 7 heteroatoms. The summed E-state index contributed by atoms with van der Waals surface area (Å²) in [6.45, 7) is 0.569. The summed E-state index contributed by atoms with van der Waals surface area (Å²) < 4.78 is 0. The van der Waals surface area contributed by atoms with E-state index in [0.717, 1.165) is 0 Å². The van der Waals surface area contributed by atoms with Gasteiger partial charge in [-0.3, -0.25) is 10.6 Å². The van der Waals surface area contributed by atoms with Crippen LogP contribution in [0, 0.1) is 0 Å². The van der Waals surface area contributed by atoms with Crippen LogP contribution >= 0.6 is 0 Å². The van der Waals surface area contributed by atoms with Gasteiger partial charge in [0, 0.05) is 13.1 Å². The van der Waals surface area contributed by atoms with E-state index in [9.17, 15) is 9.59 Å². The zero-order valence-electron chi connectivity index (χ0n) is 9.19. The second-order valence-corrected chi connectivity index (χ2v) is 3.24. The summed E-state index contributed by atoms with van der Waals surface area (Å²) in [5.41, 5.74) is 8.29. The summed E-state index contributed by atoms with van der Waals surface area (Å²) in [6, 6.07) is 6.21. The number of anilines is 1. The third-order valence-corrected chi connectivity index (χ3v) is 2.04. The Morgan fingerprint density at radius 3 is 2.41 bits per heavy atom. The highest BCUT2D eigenvalue weighted by atomic mass is 16.2. The monoisotopic (exact) mass is 237 g/mol. The zero-order chi connectivity index (χ0) is 12.7. The van der Waals surface area contributed by atoms with Crippen LogP contribution in [0.15, 0.2) is 24.3 Å². The number of nitrogens with two attached hydrogens (primary N) is 2.